The number of hydrogen-bond acceptors (Lipinski definition) is 5. The highest BCUT2D eigenvalue weighted by Crippen LogP contribution is 2.30. The third-order valence-corrected chi connectivity index (χ3v) is 4.52. The molecule has 1 aliphatic heterocycles. The summed E-state index contributed by atoms with van der Waals surface area (Å²) in [5, 5.41) is 8.93. The summed E-state index contributed by atoms with van der Waals surface area (Å²) in [6.45, 7) is 0.185. The number of aliphatic carboxylic acids is 1. The summed E-state index contributed by atoms with van der Waals surface area (Å²) in [5.74, 6) is -4.72. The molecule has 1 saturated heterocycles. The smallest absolute Gasteiger partial charge is 0.341 e. The van der Waals surface area contributed by atoms with Crippen LogP contribution in [0.25, 0.3) is 0 Å². The molecule has 0 amide bonds. The zero-order valence-corrected chi connectivity index (χ0v) is 11.6. The minimum atomic E-state index is -4.76. The van der Waals surface area contributed by atoms with E-state index >= 15 is 0 Å². The number of sulfone groups is 1. The maximum atomic E-state index is 12.7. The van der Waals surface area contributed by atoms with Gasteiger partial charge in [-0.15, -0.1) is 0 Å². The third-order valence-electron chi connectivity index (χ3n) is 3.09. The molecule has 1 atom stereocenters. The largest absolute Gasteiger partial charge is 0.479 e. The lowest BCUT2D eigenvalue weighted by Crippen LogP contribution is -2.46. The summed E-state index contributed by atoms with van der Waals surface area (Å²) in [4.78, 5) is 11.9. The molecule has 0 spiro atoms. The first-order valence-corrected chi connectivity index (χ1v) is 7.59. The van der Waals surface area contributed by atoms with E-state index < -0.39 is 32.6 Å². The number of halogens is 2. The SMILES string of the molecule is O=C(O)C1CN(c2ccccc2S(=O)(=O)C(F)F)CCO1. The van der Waals surface area contributed by atoms with Crippen molar-refractivity contribution in [3.8, 4) is 0 Å². The van der Waals surface area contributed by atoms with Crippen LogP contribution in [0.5, 0.6) is 0 Å². The Balaban J connectivity index is 2.39. The van der Waals surface area contributed by atoms with Crippen molar-refractivity contribution in [2.24, 2.45) is 0 Å². The summed E-state index contributed by atoms with van der Waals surface area (Å²) in [6.07, 6.45) is -1.12. The molecule has 1 aromatic rings. The first-order valence-electron chi connectivity index (χ1n) is 6.04. The van der Waals surface area contributed by atoms with Gasteiger partial charge in [0.15, 0.2) is 6.10 Å². The Bertz CT molecular complexity index is 634. The molecular formula is C12H13F2NO5S. The Labute approximate surface area is 119 Å². The molecule has 1 heterocycles. The number of morpholine rings is 1. The fourth-order valence-electron chi connectivity index (χ4n) is 2.07. The van der Waals surface area contributed by atoms with Gasteiger partial charge in [0.05, 0.1) is 23.7 Å². The van der Waals surface area contributed by atoms with Crippen molar-refractivity contribution in [2.45, 2.75) is 16.8 Å². The average molecular weight is 321 g/mol. The number of nitrogens with zero attached hydrogens (tertiary/aromatic N) is 1. The highest BCUT2D eigenvalue weighted by atomic mass is 32.2. The minimum Gasteiger partial charge on any atom is -0.479 e. The number of carboxylic acid groups (broad SMARTS) is 1. The number of rotatable bonds is 4. The molecule has 1 N–H and O–H groups in total. The molecule has 9 heteroatoms. The van der Waals surface area contributed by atoms with Gasteiger partial charge in [-0.3, -0.25) is 0 Å². The quantitative estimate of drug-likeness (QED) is 0.890. The van der Waals surface area contributed by atoms with Crippen molar-refractivity contribution in [2.75, 3.05) is 24.6 Å². The minimum absolute atomic E-state index is 0.0624. The van der Waals surface area contributed by atoms with Gasteiger partial charge < -0.3 is 14.7 Å². The summed E-state index contributed by atoms with van der Waals surface area (Å²) in [7, 11) is -4.76. The molecule has 2 rings (SSSR count). The number of anilines is 1. The number of carbonyl (C=O) groups is 1. The van der Waals surface area contributed by atoms with Crippen LogP contribution in [0.15, 0.2) is 29.2 Å². The van der Waals surface area contributed by atoms with E-state index in [9.17, 15) is 22.0 Å². The second kappa shape index (κ2) is 5.94. The summed E-state index contributed by atoms with van der Waals surface area (Å²) in [6, 6.07) is 5.31. The Hall–Kier alpha value is -1.74. The third kappa shape index (κ3) is 3.13. The van der Waals surface area contributed by atoms with Crippen LogP contribution in [0.4, 0.5) is 14.5 Å². The standard InChI is InChI=1S/C12H13F2NO5S/c13-12(14)21(18,19)10-4-2-1-3-8(10)15-5-6-20-9(7-15)11(16)17/h1-4,9,12H,5-7H2,(H,16,17). The molecule has 116 valence electrons. The second-order valence-corrected chi connectivity index (χ2v) is 6.30. The Morgan fingerprint density at radius 1 is 1.38 bits per heavy atom. The molecule has 21 heavy (non-hydrogen) atoms. The predicted octanol–water partition coefficient (Wildman–Crippen LogP) is 0.973. The molecule has 1 fully saturated rings. The van der Waals surface area contributed by atoms with E-state index in [4.69, 9.17) is 9.84 Å². The van der Waals surface area contributed by atoms with Crippen LogP contribution in [0.2, 0.25) is 0 Å². The van der Waals surface area contributed by atoms with Crippen molar-refractivity contribution >= 4 is 21.5 Å². The van der Waals surface area contributed by atoms with Crippen molar-refractivity contribution < 1.29 is 31.8 Å². The second-order valence-electron chi connectivity index (χ2n) is 4.42. The summed E-state index contributed by atoms with van der Waals surface area (Å²) in [5.41, 5.74) is 0.0624. The molecule has 1 aliphatic rings. The van der Waals surface area contributed by atoms with Gasteiger partial charge in [0.1, 0.15) is 0 Å². The van der Waals surface area contributed by atoms with Crippen LogP contribution in [-0.4, -0.2) is 51.1 Å². The van der Waals surface area contributed by atoms with E-state index in [0.717, 1.165) is 6.07 Å². The molecule has 0 radical (unpaired) electrons. The molecular weight excluding hydrogens is 308 g/mol. The number of benzene rings is 1. The zero-order valence-electron chi connectivity index (χ0n) is 10.8. The van der Waals surface area contributed by atoms with Gasteiger partial charge in [-0.25, -0.2) is 13.2 Å². The highest BCUT2D eigenvalue weighted by Gasteiger charge is 2.33. The number of para-hydroxylation sites is 1. The highest BCUT2D eigenvalue weighted by molar-refractivity contribution is 7.91. The Kier molecular flexibility index (Phi) is 4.43. The summed E-state index contributed by atoms with van der Waals surface area (Å²) < 4.78 is 53.8. The molecule has 6 nitrogen and oxygen atoms in total. The summed E-state index contributed by atoms with van der Waals surface area (Å²) >= 11 is 0. The molecule has 0 saturated carbocycles. The first-order chi connectivity index (χ1) is 9.84. The number of carboxylic acids is 1. The number of hydrogen-bond donors (Lipinski definition) is 1. The Morgan fingerprint density at radius 3 is 2.67 bits per heavy atom. The molecule has 1 unspecified atom stereocenters. The monoisotopic (exact) mass is 321 g/mol. The van der Waals surface area contributed by atoms with E-state index in [1.165, 1.54) is 23.1 Å². The van der Waals surface area contributed by atoms with Crippen molar-refractivity contribution in [3.05, 3.63) is 24.3 Å². The number of alkyl halides is 2. The maximum absolute atomic E-state index is 12.7. The van der Waals surface area contributed by atoms with Crippen molar-refractivity contribution in [1.29, 1.82) is 0 Å². The van der Waals surface area contributed by atoms with E-state index in [1.54, 1.807) is 0 Å². The molecule has 0 aromatic heterocycles. The van der Waals surface area contributed by atoms with E-state index in [1.807, 2.05) is 0 Å². The van der Waals surface area contributed by atoms with E-state index in [2.05, 4.69) is 0 Å². The average Bonchev–Trinajstić information content (AvgIpc) is 2.47. The van der Waals surface area contributed by atoms with Crippen LogP contribution >= 0.6 is 0 Å². The van der Waals surface area contributed by atoms with Gasteiger partial charge in [0.2, 0.25) is 9.84 Å². The zero-order chi connectivity index (χ0) is 15.6. The van der Waals surface area contributed by atoms with Crippen LogP contribution in [0.3, 0.4) is 0 Å². The molecule has 0 bridgehead atoms. The molecule has 1 aromatic carbocycles. The van der Waals surface area contributed by atoms with Crippen molar-refractivity contribution in [1.82, 2.24) is 0 Å². The van der Waals surface area contributed by atoms with E-state index in [-0.39, 0.29) is 25.4 Å². The van der Waals surface area contributed by atoms with Gasteiger partial charge in [0, 0.05) is 6.54 Å². The molecule has 0 aliphatic carbocycles. The van der Waals surface area contributed by atoms with Gasteiger partial charge in [0.25, 0.3) is 0 Å². The van der Waals surface area contributed by atoms with E-state index in [0.29, 0.717) is 0 Å². The topological polar surface area (TPSA) is 83.9 Å². The lowest BCUT2D eigenvalue weighted by atomic mass is 10.2. The van der Waals surface area contributed by atoms with Crippen LogP contribution in [-0.2, 0) is 19.4 Å². The predicted molar refractivity (Wildman–Crippen MR) is 69.2 cm³/mol. The Morgan fingerprint density at radius 2 is 2.05 bits per heavy atom. The van der Waals surface area contributed by atoms with Crippen LogP contribution in [0, 0.1) is 0 Å². The maximum Gasteiger partial charge on any atom is 0.341 e. The van der Waals surface area contributed by atoms with Crippen LogP contribution < -0.4 is 4.90 Å². The fourth-order valence-corrected chi connectivity index (χ4v) is 3.02. The first kappa shape index (κ1) is 15.6. The van der Waals surface area contributed by atoms with Crippen molar-refractivity contribution in [3.63, 3.8) is 0 Å². The lowest BCUT2D eigenvalue weighted by molar-refractivity contribution is -0.150. The van der Waals surface area contributed by atoms with Gasteiger partial charge in [-0.05, 0) is 12.1 Å². The van der Waals surface area contributed by atoms with Gasteiger partial charge >= 0.3 is 11.7 Å². The normalized spacial score (nSPS) is 19.8. The van der Waals surface area contributed by atoms with Gasteiger partial charge in [-0.2, -0.15) is 8.78 Å². The fraction of sp³-hybridized carbons (Fsp3) is 0.417. The lowest BCUT2D eigenvalue weighted by Gasteiger charge is -2.33. The number of ether oxygens (including phenoxy) is 1. The van der Waals surface area contributed by atoms with Crippen LogP contribution in [0.1, 0.15) is 0 Å². The van der Waals surface area contributed by atoms with Gasteiger partial charge in [-0.1, -0.05) is 12.1 Å².